The fraction of sp³-hybridized carbons (Fsp3) is 0.367. The third-order valence-corrected chi connectivity index (χ3v) is 8.00. The summed E-state index contributed by atoms with van der Waals surface area (Å²) in [4.78, 5) is 13.4. The van der Waals surface area contributed by atoms with Gasteiger partial charge < -0.3 is 24.3 Å². The minimum Gasteiger partial charge on any atom is -0.497 e. The number of benzene rings is 3. The zero-order chi connectivity index (χ0) is 29.3. The van der Waals surface area contributed by atoms with Gasteiger partial charge in [0.05, 0.1) is 44.6 Å². The highest BCUT2D eigenvalue weighted by molar-refractivity contribution is 7.92. The summed E-state index contributed by atoms with van der Waals surface area (Å²) in [6, 6.07) is 18.1. The molecule has 0 saturated heterocycles. The van der Waals surface area contributed by atoms with Crippen molar-refractivity contribution in [2.75, 3.05) is 38.8 Å². The second kappa shape index (κ2) is 13.9. The van der Waals surface area contributed by atoms with E-state index in [4.69, 9.17) is 18.9 Å². The van der Waals surface area contributed by atoms with Gasteiger partial charge in [-0.2, -0.15) is 0 Å². The Morgan fingerprint density at radius 1 is 0.850 bits per heavy atom. The van der Waals surface area contributed by atoms with E-state index in [0.717, 1.165) is 9.87 Å². The van der Waals surface area contributed by atoms with E-state index in [0.29, 0.717) is 36.0 Å². The van der Waals surface area contributed by atoms with E-state index in [1.165, 1.54) is 32.4 Å². The third-order valence-electron chi connectivity index (χ3n) is 6.23. The average molecular weight is 571 g/mol. The number of ether oxygens (including phenoxy) is 4. The van der Waals surface area contributed by atoms with Crippen LogP contribution in [-0.4, -0.2) is 48.8 Å². The molecule has 0 fully saturated rings. The van der Waals surface area contributed by atoms with Crippen LogP contribution < -0.4 is 28.6 Å². The van der Waals surface area contributed by atoms with Crippen molar-refractivity contribution in [1.29, 1.82) is 0 Å². The Kier molecular flexibility index (Phi) is 10.7. The van der Waals surface area contributed by atoms with E-state index in [1.54, 1.807) is 31.4 Å². The molecule has 3 aromatic rings. The predicted octanol–water partition coefficient (Wildman–Crippen LogP) is 5.21. The molecule has 0 aliphatic heterocycles. The van der Waals surface area contributed by atoms with Gasteiger partial charge in [-0.25, -0.2) is 8.42 Å². The molecule has 1 atom stereocenters. The van der Waals surface area contributed by atoms with Crippen LogP contribution in [0.1, 0.15) is 38.8 Å². The first kappa shape index (κ1) is 30.6. The Labute approximate surface area is 237 Å². The van der Waals surface area contributed by atoms with Crippen LogP contribution in [0.2, 0.25) is 0 Å². The quantitative estimate of drug-likeness (QED) is 0.284. The van der Waals surface area contributed by atoms with Crippen molar-refractivity contribution in [1.82, 2.24) is 5.32 Å². The number of anilines is 1. The predicted molar refractivity (Wildman–Crippen MR) is 155 cm³/mol. The molecule has 9 nitrogen and oxygen atoms in total. The Balaban J connectivity index is 1.97. The van der Waals surface area contributed by atoms with Crippen LogP contribution in [0.5, 0.6) is 23.0 Å². The molecule has 10 heteroatoms. The van der Waals surface area contributed by atoms with Crippen molar-refractivity contribution in [2.45, 2.75) is 38.1 Å². The second-order valence-corrected chi connectivity index (χ2v) is 11.3. The Morgan fingerprint density at radius 2 is 1.48 bits per heavy atom. The number of hydrogen-bond acceptors (Lipinski definition) is 7. The molecule has 1 unspecified atom stereocenters. The van der Waals surface area contributed by atoms with Gasteiger partial charge in [0.2, 0.25) is 5.91 Å². The van der Waals surface area contributed by atoms with Crippen molar-refractivity contribution in [2.24, 2.45) is 5.92 Å². The lowest BCUT2D eigenvalue weighted by molar-refractivity contribution is -0.120. The molecule has 0 spiro atoms. The molecule has 0 aromatic heterocycles. The van der Waals surface area contributed by atoms with Gasteiger partial charge in [0.1, 0.15) is 18.0 Å². The monoisotopic (exact) mass is 570 g/mol. The lowest BCUT2D eigenvalue weighted by Crippen LogP contribution is -2.42. The van der Waals surface area contributed by atoms with Crippen molar-refractivity contribution in [3.63, 3.8) is 0 Å². The highest BCUT2D eigenvalue weighted by atomic mass is 32.2. The van der Waals surface area contributed by atoms with Gasteiger partial charge in [-0.05, 0) is 73.4 Å². The van der Waals surface area contributed by atoms with E-state index in [9.17, 15) is 13.2 Å². The summed E-state index contributed by atoms with van der Waals surface area (Å²) < 4.78 is 50.4. The first-order valence-electron chi connectivity index (χ1n) is 13.0. The van der Waals surface area contributed by atoms with Crippen LogP contribution in [0, 0.1) is 5.92 Å². The van der Waals surface area contributed by atoms with Crippen LogP contribution >= 0.6 is 0 Å². The molecular weight excluding hydrogens is 532 g/mol. The minimum atomic E-state index is -4.18. The van der Waals surface area contributed by atoms with Crippen LogP contribution in [0.15, 0.2) is 71.6 Å². The van der Waals surface area contributed by atoms with Gasteiger partial charge in [0, 0.05) is 6.07 Å². The fourth-order valence-corrected chi connectivity index (χ4v) is 5.69. The minimum absolute atomic E-state index is 0.0410. The Hall–Kier alpha value is -3.92. The summed E-state index contributed by atoms with van der Waals surface area (Å²) in [7, 11) is 0.311. The van der Waals surface area contributed by atoms with Gasteiger partial charge >= 0.3 is 0 Å². The summed E-state index contributed by atoms with van der Waals surface area (Å²) in [6.45, 7) is 6.03. The smallest absolute Gasteiger partial charge is 0.264 e. The molecule has 0 saturated carbocycles. The molecule has 1 amide bonds. The fourth-order valence-electron chi connectivity index (χ4n) is 4.25. The maximum atomic E-state index is 14.0. The standard InChI is InChI=1S/C30H38N2O7S/c1-7-39-25-14-10-23(11-15-25)32(40(34,35)26-16-17-28(37-5)29(19-26)38-6)20-30(33)31-27(18-21(2)3)22-8-12-24(36-4)13-9-22/h8-17,19,21,27H,7,18,20H2,1-6H3,(H,31,33). The van der Waals surface area contributed by atoms with Gasteiger partial charge in [-0.15, -0.1) is 0 Å². The van der Waals surface area contributed by atoms with Crippen LogP contribution in [0.3, 0.4) is 0 Å². The third kappa shape index (κ3) is 7.59. The number of rotatable bonds is 14. The number of carbonyl (C=O) groups excluding carboxylic acids is 1. The SMILES string of the molecule is CCOc1ccc(N(CC(=O)NC(CC(C)C)c2ccc(OC)cc2)S(=O)(=O)c2ccc(OC)c(OC)c2)cc1. The van der Waals surface area contributed by atoms with Crippen molar-refractivity contribution in [3.05, 3.63) is 72.3 Å². The summed E-state index contributed by atoms with van der Waals surface area (Å²) in [5, 5.41) is 3.04. The number of carbonyl (C=O) groups is 1. The molecule has 0 bridgehead atoms. The van der Waals surface area contributed by atoms with E-state index in [2.05, 4.69) is 19.2 Å². The highest BCUT2D eigenvalue weighted by Crippen LogP contribution is 2.33. The molecule has 0 radical (unpaired) electrons. The summed E-state index contributed by atoms with van der Waals surface area (Å²) in [6.07, 6.45) is 0.670. The highest BCUT2D eigenvalue weighted by Gasteiger charge is 2.29. The van der Waals surface area contributed by atoms with Crippen molar-refractivity contribution < 1.29 is 32.2 Å². The molecule has 0 aliphatic carbocycles. The number of amides is 1. The average Bonchev–Trinajstić information content (AvgIpc) is 2.95. The second-order valence-electron chi connectivity index (χ2n) is 9.48. The zero-order valence-electron chi connectivity index (χ0n) is 23.8. The Morgan fingerprint density at radius 3 is 2.02 bits per heavy atom. The molecule has 40 heavy (non-hydrogen) atoms. The van der Waals surface area contributed by atoms with Gasteiger partial charge in [0.15, 0.2) is 11.5 Å². The van der Waals surface area contributed by atoms with E-state index < -0.39 is 22.5 Å². The van der Waals surface area contributed by atoms with Crippen LogP contribution in [0.25, 0.3) is 0 Å². The summed E-state index contributed by atoms with van der Waals surface area (Å²) in [5.41, 5.74) is 1.22. The topological polar surface area (TPSA) is 103 Å². The van der Waals surface area contributed by atoms with Crippen LogP contribution in [0.4, 0.5) is 5.69 Å². The molecule has 3 rings (SSSR count). The number of hydrogen-bond donors (Lipinski definition) is 1. The molecular formula is C30H38N2O7S. The largest absolute Gasteiger partial charge is 0.497 e. The number of sulfonamides is 1. The summed E-state index contributed by atoms with van der Waals surface area (Å²) >= 11 is 0. The zero-order valence-corrected chi connectivity index (χ0v) is 24.7. The van der Waals surface area contributed by atoms with Crippen molar-refractivity contribution in [3.8, 4) is 23.0 Å². The number of methoxy groups -OCH3 is 3. The van der Waals surface area contributed by atoms with Gasteiger partial charge in [-0.1, -0.05) is 26.0 Å². The molecule has 1 N–H and O–H groups in total. The van der Waals surface area contributed by atoms with Gasteiger partial charge in [0.25, 0.3) is 10.0 Å². The molecule has 0 heterocycles. The maximum Gasteiger partial charge on any atom is 0.264 e. The molecule has 216 valence electrons. The number of nitrogens with zero attached hydrogens (tertiary/aromatic N) is 1. The van der Waals surface area contributed by atoms with E-state index in [-0.39, 0.29) is 22.6 Å². The molecule has 3 aromatic carbocycles. The maximum absolute atomic E-state index is 14.0. The lowest BCUT2D eigenvalue weighted by atomic mass is 9.97. The normalized spacial score (nSPS) is 12.0. The van der Waals surface area contributed by atoms with Crippen LogP contribution in [-0.2, 0) is 14.8 Å². The van der Waals surface area contributed by atoms with E-state index in [1.807, 2.05) is 31.2 Å². The lowest BCUT2D eigenvalue weighted by Gasteiger charge is -2.27. The summed E-state index contributed by atoms with van der Waals surface area (Å²) in [5.74, 6) is 1.79. The Bertz CT molecular complexity index is 1360. The first-order chi connectivity index (χ1) is 19.1. The van der Waals surface area contributed by atoms with Gasteiger partial charge in [-0.3, -0.25) is 9.10 Å². The molecule has 0 aliphatic rings. The van der Waals surface area contributed by atoms with E-state index >= 15 is 0 Å². The van der Waals surface area contributed by atoms with Crippen molar-refractivity contribution >= 4 is 21.6 Å². The number of nitrogens with one attached hydrogen (secondary N) is 1. The first-order valence-corrected chi connectivity index (χ1v) is 14.5.